The Bertz CT molecular complexity index is 3200. The maximum Gasteiger partial charge on any atom is 0.524 e. The van der Waals surface area contributed by atoms with Gasteiger partial charge in [0.15, 0.2) is 6.29 Å². The van der Waals surface area contributed by atoms with Gasteiger partial charge in [-0.15, -0.1) is 23.2 Å². The number of fused-ring (bicyclic) bond motifs is 6. The number of alkyl halides is 2. The van der Waals surface area contributed by atoms with Crippen LogP contribution in [0.5, 0.6) is 11.5 Å². The summed E-state index contributed by atoms with van der Waals surface area (Å²) < 4.78 is 27.9. The lowest BCUT2D eigenvalue weighted by Gasteiger charge is -2.43. The summed E-state index contributed by atoms with van der Waals surface area (Å²) in [5, 5.41) is 25.6. The van der Waals surface area contributed by atoms with Gasteiger partial charge >= 0.3 is 20.0 Å². The molecular weight excluding hydrogens is 1170 g/mol. The Balaban J connectivity index is 0.837. The van der Waals surface area contributed by atoms with Crippen molar-refractivity contribution in [1.82, 2.24) is 20.0 Å². The number of nitrogens with zero attached hydrogens (tertiary/aromatic N) is 5. The number of rotatable bonds is 26. The van der Waals surface area contributed by atoms with Crippen molar-refractivity contribution in [3.63, 3.8) is 0 Å². The summed E-state index contributed by atoms with van der Waals surface area (Å²) in [6.45, 7) is 4.42. The number of phosphoric ester groups is 1. The monoisotopic (exact) mass is 1240 g/mol. The fraction of sp³-hybridized carbons (Fsp3) is 0.491. The fourth-order valence-corrected chi connectivity index (χ4v) is 14.6. The van der Waals surface area contributed by atoms with Gasteiger partial charge in [0.1, 0.15) is 18.1 Å². The number of ether oxygens (including phenoxy) is 2. The Morgan fingerprint density at radius 1 is 0.795 bits per heavy atom. The molecule has 0 saturated heterocycles. The van der Waals surface area contributed by atoms with E-state index in [0.717, 1.165) is 27.8 Å². The van der Waals surface area contributed by atoms with Gasteiger partial charge in [-0.25, -0.2) is 14.2 Å². The van der Waals surface area contributed by atoms with E-state index in [4.69, 9.17) is 37.2 Å². The molecular formula is C57H69Cl2N6O15PS2. The molecule has 3 heterocycles. The van der Waals surface area contributed by atoms with Gasteiger partial charge < -0.3 is 49.1 Å². The van der Waals surface area contributed by atoms with Crippen LogP contribution in [0.25, 0.3) is 21.5 Å². The summed E-state index contributed by atoms with van der Waals surface area (Å²) in [6, 6.07) is 16.6. The number of hydrogen-bond donors (Lipinski definition) is 5. The average molecular weight is 1240 g/mol. The summed E-state index contributed by atoms with van der Waals surface area (Å²) >= 11 is 13.1. The first-order valence-corrected chi connectivity index (χ1v) is 32.3. The SMILES string of the molecule is CN(CCN(C)C(=O)Oc1cc2c(c3ccccc13)C(CCl)CN2C(=O)C1(CCC(=O)N2CC(CCl)c3c2cc(OP(=O)(O)O)c2ccccc32)CCC1)C(=O)OCCSSC(C)(C)C(NC(=O)CCCCCN1C(=O)C=CC1=O)C(O)O. The molecule has 4 aromatic carbocycles. The molecule has 21 nitrogen and oxygen atoms in total. The highest BCUT2D eigenvalue weighted by Crippen LogP contribution is 2.53. The maximum absolute atomic E-state index is 15.1. The number of amides is 7. The lowest BCUT2D eigenvalue weighted by atomic mass is 9.65. The Labute approximate surface area is 498 Å². The van der Waals surface area contributed by atoms with Crippen LogP contribution in [0.3, 0.4) is 0 Å². The molecule has 26 heteroatoms. The molecule has 83 heavy (non-hydrogen) atoms. The number of carbonyl (C=O) groups excluding carboxylic acids is 7. The highest BCUT2D eigenvalue weighted by atomic mass is 35.5. The van der Waals surface area contributed by atoms with E-state index in [1.807, 2.05) is 24.3 Å². The fourth-order valence-electron chi connectivity index (χ4n) is 11.1. The van der Waals surface area contributed by atoms with E-state index in [0.29, 0.717) is 65.4 Å². The highest BCUT2D eigenvalue weighted by Gasteiger charge is 2.50. The number of anilines is 2. The van der Waals surface area contributed by atoms with E-state index < -0.39 is 42.5 Å². The third kappa shape index (κ3) is 14.6. The smallest absolute Gasteiger partial charge is 0.449 e. The molecule has 3 unspecified atom stereocenters. The van der Waals surface area contributed by atoms with Crippen molar-refractivity contribution in [2.24, 2.45) is 5.41 Å². The van der Waals surface area contributed by atoms with Crippen molar-refractivity contribution < 1.29 is 72.1 Å². The molecule has 7 amide bonds. The van der Waals surface area contributed by atoms with E-state index in [1.54, 1.807) is 54.0 Å². The minimum atomic E-state index is -4.97. The molecule has 3 aliphatic heterocycles. The van der Waals surface area contributed by atoms with Gasteiger partial charge in [0.2, 0.25) is 17.7 Å². The molecule has 1 saturated carbocycles. The molecule has 1 fully saturated rings. The second-order valence-electron chi connectivity index (χ2n) is 21.8. The van der Waals surface area contributed by atoms with E-state index >= 15 is 4.79 Å². The maximum atomic E-state index is 15.1. The van der Waals surface area contributed by atoms with E-state index in [2.05, 4.69) is 5.32 Å². The zero-order valence-corrected chi connectivity index (χ0v) is 50.5. The van der Waals surface area contributed by atoms with Crippen LogP contribution in [0.4, 0.5) is 21.0 Å². The predicted molar refractivity (Wildman–Crippen MR) is 319 cm³/mol. The summed E-state index contributed by atoms with van der Waals surface area (Å²) in [5.74, 6) is -1.20. The first-order valence-electron chi connectivity index (χ1n) is 27.4. The second-order valence-corrected chi connectivity index (χ2v) is 26.7. The van der Waals surface area contributed by atoms with Gasteiger partial charge in [-0.2, -0.15) is 0 Å². The number of nitrogens with one attached hydrogen (secondary N) is 1. The van der Waals surface area contributed by atoms with Crippen LogP contribution in [0.15, 0.2) is 72.8 Å². The molecule has 1 aliphatic carbocycles. The number of likely N-dealkylation sites (N-methyl/N-ethyl adjacent to an activating group) is 2. The number of benzene rings is 4. The van der Waals surface area contributed by atoms with Crippen LogP contribution in [0.1, 0.15) is 94.6 Å². The van der Waals surface area contributed by atoms with E-state index in [9.17, 15) is 53.3 Å². The first kappa shape index (κ1) is 63.4. The van der Waals surface area contributed by atoms with E-state index in [1.165, 1.54) is 63.7 Å². The van der Waals surface area contributed by atoms with Crippen LogP contribution in [-0.4, -0.2) is 164 Å². The number of aliphatic hydroxyl groups excluding tert-OH is 1. The van der Waals surface area contributed by atoms with Crippen molar-refractivity contribution in [2.45, 2.75) is 101 Å². The molecule has 0 aromatic heterocycles. The van der Waals surface area contributed by atoms with Crippen molar-refractivity contribution in [2.75, 3.05) is 80.7 Å². The van der Waals surface area contributed by atoms with Gasteiger partial charge in [-0.3, -0.25) is 38.7 Å². The number of carbonyl (C=O) groups is 7. The molecule has 0 bridgehead atoms. The number of halogens is 2. The average Bonchev–Trinajstić information content (AvgIpc) is 4.32. The third-order valence-electron chi connectivity index (χ3n) is 15.8. The largest absolute Gasteiger partial charge is 0.524 e. The minimum Gasteiger partial charge on any atom is -0.449 e. The Hall–Kier alpha value is -5.62. The van der Waals surface area contributed by atoms with Crippen LogP contribution >= 0.6 is 52.6 Å². The van der Waals surface area contributed by atoms with Crippen LogP contribution in [0.2, 0.25) is 0 Å². The van der Waals surface area contributed by atoms with Gasteiger partial charge in [0.05, 0.1) is 22.8 Å². The van der Waals surface area contributed by atoms with Gasteiger partial charge in [0, 0.05) is 129 Å². The molecule has 448 valence electrons. The molecule has 0 radical (unpaired) electrons. The van der Waals surface area contributed by atoms with Crippen LogP contribution in [0, 0.1) is 5.41 Å². The summed E-state index contributed by atoms with van der Waals surface area (Å²) in [7, 11) is 0.693. The van der Waals surface area contributed by atoms with Gasteiger partial charge in [-0.05, 0) is 67.9 Å². The van der Waals surface area contributed by atoms with Crippen LogP contribution in [-0.2, 0) is 33.3 Å². The normalized spacial score (nSPS) is 17.7. The summed E-state index contributed by atoms with van der Waals surface area (Å²) in [4.78, 5) is 119. The molecule has 3 atom stereocenters. The Morgan fingerprint density at radius 2 is 1.35 bits per heavy atom. The predicted octanol–water partition coefficient (Wildman–Crippen LogP) is 8.39. The zero-order valence-electron chi connectivity index (χ0n) is 46.5. The zero-order chi connectivity index (χ0) is 60.0. The molecule has 4 aromatic rings. The Kier molecular flexibility index (Phi) is 20.8. The quantitative estimate of drug-likeness (QED) is 0.00986. The molecule has 0 spiro atoms. The first-order chi connectivity index (χ1) is 39.5. The standard InChI is InChI=1S/C57H69Cl2N6O15PS2/c1-56(2,51(52(70)71)60-45(66)17-6-5-11-24-63-46(67)18-19-47(63)68)83-82-28-27-78-54(73)61(3)25-26-62(4)55(74)79-43-29-42-50(39-15-9-7-13-37(39)43)36(32-59)34-65(42)53(72)57(21-12-22-57)23-20-48(69)64-33-35(31-58)49-40-16-10-8-14-38(40)44(30-41(49)64)80-81(75,76)77/h7-10,13-16,18-19,29-30,35-36,51-52,70-71H,5-6,11-12,17,20-28,31-34H2,1-4H3,(H,60,66)(H2,75,76,77). The van der Waals surface area contributed by atoms with Crippen molar-refractivity contribution in [3.8, 4) is 11.5 Å². The van der Waals surface area contributed by atoms with Crippen molar-refractivity contribution in [1.29, 1.82) is 0 Å². The molecule has 8 rings (SSSR count). The van der Waals surface area contributed by atoms with Crippen LogP contribution < -0.4 is 24.4 Å². The number of phosphoric acid groups is 1. The van der Waals surface area contributed by atoms with Crippen molar-refractivity contribution in [3.05, 3.63) is 83.9 Å². The lowest BCUT2D eigenvalue weighted by molar-refractivity contribution is -0.137. The third-order valence-corrected chi connectivity index (χ3v) is 20.2. The Morgan fingerprint density at radius 3 is 1.92 bits per heavy atom. The minimum absolute atomic E-state index is 0.000992. The number of unbranched alkanes of at least 4 members (excludes halogenated alkanes) is 2. The lowest BCUT2D eigenvalue weighted by Crippen LogP contribution is -2.54. The van der Waals surface area contributed by atoms with Crippen molar-refractivity contribution >= 4 is 127 Å². The number of imide groups is 1. The number of aliphatic hydroxyl groups is 2. The number of hydrogen-bond acceptors (Lipinski definition) is 15. The topological polar surface area (TPSA) is 273 Å². The summed E-state index contributed by atoms with van der Waals surface area (Å²) in [6.07, 6.45) is 3.01. The highest BCUT2D eigenvalue weighted by molar-refractivity contribution is 8.77. The van der Waals surface area contributed by atoms with Gasteiger partial charge in [0.25, 0.3) is 11.8 Å². The molecule has 5 N–H and O–H groups in total. The van der Waals surface area contributed by atoms with Gasteiger partial charge in [-0.1, -0.05) is 83.0 Å². The second kappa shape index (κ2) is 27.2. The summed E-state index contributed by atoms with van der Waals surface area (Å²) in [5.41, 5.74) is 1.73. The molecule has 4 aliphatic rings. The van der Waals surface area contributed by atoms with E-state index in [-0.39, 0.29) is 123 Å².